The highest BCUT2D eigenvalue weighted by Gasteiger charge is 2.11. The van der Waals surface area contributed by atoms with Crippen molar-refractivity contribution >= 4 is 5.69 Å². The number of halogens is 1. The van der Waals surface area contributed by atoms with Gasteiger partial charge < -0.3 is 5.73 Å². The van der Waals surface area contributed by atoms with Gasteiger partial charge >= 0.3 is 0 Å². The number of benzene rings is 2. The van der Waals surface area contributed by atoms with Crippen LogP contribution in [0, 0.1) is 5.82 Å². The topological polar surface area (TPSA) is 43.8 Å². The minimum Gasteiger partial charge on any atom is -0.399 e. The standard InChI is InChI=1S/C15H12FN3/c16-14-7-6-11(17)10-13(14)15-8-9-18-19(15)12-4-2-1-3-5-12/h1-10H,17H2. The van der Waals surface area contributed by atoms with Crippen LogP contribution in [0.15, 0.2) is 60.8 Å². The molecule has 0 bridgehead atoms. The van der Waals surface area contributed by atoms with Crippen molar-refractivity contribution in [1.29, 1.82) is 0 Å². The summed E-state index contributed by atoms with van der Waals surface area (Å²) in [6.45, 7) is 0. The van der Waals surface area contributed by atoms with Gasteiger partial charge in [-0.1, -0.05) is 18.2 Å². The van der Waals surface area contributed by atoms with Crippen LogP contribution in [0.4, 0.5) is 10.1 Å². The Morgan fingerprint density at radius 2 is 1.79 bits per heavy atom. The molecular formula is C15H12FN3. The molecule has 3 rings (SSSR count). The third-order valence-corrected chi connectivity index (χ3v) is 2.91. The van der Waals surface area contributed by atoms with E-state index in [1.54, 1.807) is 29.1 Å². The van der Waals surface area contributed by atoms with E-state index < -0.39 is 0 Å². The predicted octanol–water partition coefficient (Wildman–Crippen LogP) is 3.26. The molecule has 3 nitrogen and oxygen atoms in total. The predicted molar refractivity (Wildman–Crippen MR) is 73.4 cm³/mol. The second-order valence-corrected chi connectivity index (χ2v) is 4.20. The normalized spacial score (nSPS) is 10.6. The molecule has 2 aromatic carbocycles. The fourth-order valence-corrected chi connectivity index (χ4v) is 2.02. The van der Waals surface area contributed by atoms with Gasteiger partial charge in [-0.2, -0.15) is 5.10 Å². The Morgan fingerprint density at radius 1 is 1.00 bits per heavy atom. The molecule has 0 aliphatic rings. The average Bonchev–Trinajstić information content (AvgIpc) is 2.91. The Morgan fingerprint density at radius 3 is 2.58 bits per heavy atom. The molecule has 0 radical (unpaired) electrons. The molecule has 4 heteroatoms. The molecule has 0 aliphatic carbocycles. The lowest BCUT2D eigenvalue weighted by Gasteiger charge is -2.09. The molecule has 0 saturated heterocycles. The van der Waals surface area contributed by atoms with Crippen LogP contribution >= 0.6 is 0 Å². The molecule has 19 heavy (non-hydrogen) atoms. The van der Waals surface area contributed by atoms with Crippen molar-refractivity contribution in [3.8, 4) is 16.9 Å². The van der Waals surface area contributed by atoms with E-state index in [0.717, 1.165) is 5.69 Å². The van der Waals surface area contributed by atoms with Gasteiger partial charge in [0.1, 0.15) is 5.82 Å². The van der Waals surface area contributed by atoms with Gasteiger partial charge in [0.15, 0.2) is 0 Å². The van der Waals surface area contributed by atoms with Crippen LogP contribution in [0.25, 0.3) is 16.9 Å². The summed E-state index contributed by atoms with van der Waals surface area (Å²) < 4.78 is 15.6. The van der Waals surface area contributed by atoms with Gasteiger partial charge in [-0.15, -0.1) is 0 Å². The quantitative estimate of drug-likeness (QED) is 0.712. The van der Waals surface area contributed by atoms with E-state index in [4.69, 9.17) is 5.73 Å². The monoisotopic (exact) mass is 253 g/mol. The fourth-order valence-electron chi connectivity index (χ4n) is 2.02. The van der Waals surface area contributed by atoms with E-state index in [1.165, 1.54) is 6.07 Å². The zero-order valence-corrected chi connectivity index (χ0v) is 10.1. The van der Waals surface area contributed by atoms with Crippen LogP contribution < -0.4 is 5.73 Å². The second-order valence-electron chi connectivity index (χ2n) is 4.20. The molecular weight excluding hydrogens is 241 g/mol. The molecule has 2 N–H and O–H groups in total. The number of aromatic nitrogens is 2. The summed E-state index contributed by atoms with van der Waals surface area (Å²) in [7, 11) is 0. The van der Waals surface area contributed by atoms with Crippen molar-refractivity contribution in [2.75, 3.05) is 5.73 Å². The first-order valence-corrected chi connectivity index (χ1v) is 5.90. The van der Waals surface area contributed by atoms with Gasteiger partial charge in [-0.25, -0.2) is 9.07 Å². The van der Waals surface area contributed by atoms with E-state index in [0.29, 0.717) is 16.9 Å². The molecule has 0 fully saturated rings. The maximum Gasteiger partial charge on any atom is 0.132 e. The summed E-state index contributed by atoms with van der Waals surface area (Å²) in [5, 5.41) is 4.24. The number of hydrogen-bond acceptors (Lipinski definition) is 2. The fraction of sp³-hybridized carbons (Fsp3) is 0. The molecule has 0 aliphatic heterocycles. The van der Waals surface area contributed by atoms with Gasteiger partial charge in [0.05, 0.1) is 17.6 Å². The van der Waals surface area contributed by atoms with E-state index >= 15 is 0 Å². The lowest BCUT2D eigenvalue weighted by Crippen LogP contribution is -2.00. The highest BCUT2D eigenvalue weighted by atomic mass is 19.1. The Hall–Kier alpha value is -2.62. The maximum atomic E-state index is 13.9. The number of nitrogen functional groups attached to an aromatic ring is 1. The summed E-state index contributed by atoms with van der Waals surface area (Å²) >= 11 is 0. The zero-order chi connectivity index (χ0) is 13.2. The molecule has 0 saturated carbocycles. The lowest BCUT2D eigenvalue weighted by molar-refractivity contribution is 0.630. The van der Waals surface area contributed by atoms with Crippen LogP contribution in [-0.4, -0.2) is 9.78 Å². The summed E-state index contributed by atoms with van der Waals surface area (Å²) in [4.78, 5) is 0. The first kappa shape index (κ1) is 11.5. The van der Waals surface area contributed by atoms with Crippen LogP contribution in [0.1, 0.15) is 0 Å². The Kier molecular flexibility index (Phi) is 2.76. The molecule has 0 atom stereocenters. The number of para-hydroxylation sites is 1. The molecule has 1 aromatic heterocycles. The summed E-state index contributed by atoms with van der Waals surface area (Å²) in [5.74, 6) is -0.313. The lowest BCUT2D eigenvalue weighted by atomic mass is 10.1. The van der Waals surface area contributed by atoms with Crippen LogP contribution in [-0.2, 0) is 0 Å². The van der Waals surface area contributed by atoms with Gasteiger partial charge in [0.2, 0.25) is 0 Å². The minimum absolute atomic E-state index is 0.313. The van der Waals surface area contributed by atoms with Crippen molar-refractivity contribution in [1.82, 2.24) is 9.78 Å². The highest BCUT2D eigenvalue weighted by Crippen LogP contribution is 2.26. The summed E-state index contributed by atoms with van der Waals surface area (Å²) in [6, 6.07) is 15.9. The molecule has 0 unspecified atom stereocenters. The van der Waals surface area contributed by atoms with Gasteiger partial charge in [-0.3, -0.25) is 0 Å². The Balaban J connectivity index is 2.18. The Bertz CT molecular complexity index is 704. The molecule has 94 valence electrons. The highest BCUT2D eigenvalue weighted by molar-refractivity contribution is 5.66. The largest absolute Gasteiger partial charge is 0.399 e. The second kappa shape index (κ2) is 4.57. The van der Waals surface area contributed by atoms with Gasteiger partial charge in [0, 0.05) is 11.3 Å². The average molecular weight is 253 g/mol. The molecule has 3 aromatic rings. The smallest absolute Gasteiger partial charge is 0.132 e. The molecule has 0 spiro atoms. The van der Waals surface area contributed by atoms with Crippen molar-refractivity contribution < 1.29 is 4.39 Å². The minimum atomic E-state index is -0.313. The third kappa shape index (κ3) is 2.08. The van der Waals surface area contributed by atoms with Crippen LogP contribution in [0.5, 0.6) is 0 Å². The number of nitrogens with zero attached hydrogens (tertiary/aromatic N) is 2. The Labute approximate surface area is 110 Å². The van der Waals surface area contributed by atoms with E-state index in [2.05, 4.69) is 5.10 Å². The SMILES string of the molecule is Nc1ccc(F)c(-c2ccnn2-c2ccccc2)c1. The van der Waals surface area contributed by atoms with Crippen molar-refractivity contribution in [2.24, 2.45) is 0 Å². The molecule has 0 amide bonds. The molecule has 1 heterocycles. The van der Waals surface area contributed by atoms with Crippen molar-refractivity contribution in [2.45, 2.75) is 0 Å². The summed E-state index contributed by atoms with van der Waals surface area (Å²) in [6.07, 6.45) is 1.64. The first-order valence-electron chi connectivity index (χ1n) is 5.90. The van der Waals surface area contributed by atoms with Gasteiger partial charge in [-0.05, 0) is 36.4 Å². The van der Waals surface area contributed by atoms with Crippen LogP contribution in [0.2, 0.25) is 0 Å². The van der Waals surface area contributed by atoms with Gasteiger partial charge in [0.25, 0.3) is 0 Å². The third-order valence-electron chi connectivity index (χ3n) is 2.91. The van der Waals surface area contributed by atoms with E-state index in [9.17, 15) is 4.39 Å². The number of rotatable bonds is 2. The number of nitrogens with two attached hydrogens (primary N) is 1. The van der Waals surface area contributed by atoms with Crippen LogP contribution in [0.3, 0.4) is 0 Å². The van der Waals surface area contributed by atoms with Crippen molar-refractivity contribution in [3.05, 3.63) is 66.6 Å². The zero-order valence-electron chi connectivity index (χ0n) is 10.1. The number of hydrogen-bond donors (Lipinski definition) is 1. The first-order chi connectivity index (χ1) is 9.25. The maximum absolute atomic E-state index is 13.9. The summed E-state index contributed by atoms with van der Waals surface area (Å²) in [5.41, 5.74) is 8.25. The van der Waals surface area contributed by atoms with E-state index in [-0.39, 0.29) is 5.82 Å². The number of anilines is 1. The van der Waals surface area contributed by atoms with E-state index in [1.807, 2.05) is 30.3 Å². The van der Waals surface area contributed by atoms with Crippen molar-refractivity contribution in [3.63, 3.8) is 0 Å².